The average Bonchev–Trinajstić information content (AvgIpc) is 2.37. The molecule has 1 aromatic rings. The molecular formula is C17H26BrF. The van der Waals surface area contributed by atoms with E-state index >= 15 is 0 Å². The highest BCUT2D eigenvalue weighted by Crippen LogP contribution is 2.18. The second-order valence-corrected chi connectivity index (χ2v) is 6.64. The maximum absolute atomic E-state index is 13.1. The van der Waals surface area contributed by atoms with Gasteiger partial charge in [-0.15, -0.1) is 0 Å². The lowest BCUT2D eigenvalue weighted by atomic mass is 10.0. The van der Waals surface area contributed by atoms with Gasteiger partial charge in [0, 0.05) is 4.83 Å². The molecule has 108 valence electrons. The van der Waals surface area contributed by atoms with Crippen LogP contribution in [0.4, 0.5) is 4.39 Å². The summed E-state index contributed by atoms with van der Waals surface area (Å²) in [6.45, 7) is 2.25. The molecule has 0 fully saturated rings. The van der Waals surface area contributed by atoms with E-state index in [1.54, 1.807) is 12.1 Å². The van der Waals surface area contributed by atoms with Crippen molar-refractivity contribution < 1.29 is 4.39 Å². The third-order valence-corrected chi connectivity index (χ3v) is 4.25. The first-order valence-electron chi connectivity index (χ1n) is 7.61. The van der Waals surface area contributed by atoms with Gasteiger partial charge >= 0.3 is 0 Å². The van der Waals surface area contributed by atoms with Gasteiger partial charge in [0.2, 0.25) is 0 Å². The minimum absolute atomic E-state index is 0.131. The monoisotopic (exact) mass is 328 g/mol. The van der Waals surface area contributed by atoms with E-state index in [0.717, 1.165) is 12.0 Å². The number of rotatable bonds is 10. The van der Waals surface area contributed by atoms with Crippen LogP contribution in [0.15, 0.2) is 24.3 Å². The molecule has 0 aromatic heterocycles. The largest absolute Gasteiger partial charge is 0.207 e. The Morgan fingerprint density at radius 3 is 2.42 bits per heavy atom. The number of hydrogen-bond acceptors (Lipinski definition) is 0. The van der Waals surface area contributed by atoms with E-state index in [1.807, 2.05) is 6.07 Å². The smallest absolute Gasteiger partial charge is 0.123 e. The lowest BCUT2D eigenvalue weighted by molar-refractivity contribution is 0.570. The van der Waals surface area contributed by atoms with Crippen LogP contribution in [0.2, 0.25) is 0 Å². The number of hydrogen-bond donors (Lipinski definition) is 0. The molecule has 1 aromatic carbocycles. The summed E-state index contributed by atoms with van der Waals surface area (Å²) in [5.74, 6) is -0.131. The van der Waals surface area contributed by atoms with Crippen molar-refractivity contribution in [2.24, 2.45) is 0 Å². The van der Waals surface area contributed by atoms with E-state index < -0.39 is 0 Å². The van der Waals surface area contributed by atoms with E-state index in [9.17, 15) is 4.39 Å². The van der Waals surface area contributed by atoms with Crippen molar-refractivity contribution >= 4 is 15.9 Å². The Hall–Kier alpha value is -0.370. The van der Waals surface area contributed by atoms with Crippen LogP contribution in [-0.2, 0) is 6.42 Å². The van der Waals surface area contributed by atoms with Crippen molar-refractivity contribution in [3.8, 4) is 0 Å². The van der Waals surface area contributed by atoms with Crippen LogP contribution in [0.1, 0.15) is 63.9 Å². The lowest BCUT2D eigenvalue weighted by Crippen LogP contribution is -2.03. The van der Waals surface area contributed by atoms with Gasteiger partial charge in [-0.05, 0) is 30.5 Å². The molecule has 0 saturated carbocycles. The van der Waals surface area contributed by atoms with Crippen LogP contribution >= 0.6 is 15.9 Å². The van der Waals surface area contributed by atoms with Gasteiger partial charge in [-0.3, -0.25) is 0 Å². The van der Waals surface area contributed by atoms with E-state index in [4.69, 9.17) is 0 Å². The highest BCUT2D eigenvalue weighted by molar-refractivity contribution is 9.09. The van der Waals surface area contributed by atoms with Crippen LogP contribution in [0.25, 0.3) is 0 Å². The molecule has 1 atom stereocenters. The summed E-state index contributed by atoms with van der Waals surface area (Å²) in [4.78, 5) is 0.477. The average molecular weight is 329 g/mol. The molecule has 2 heteroatoms. The molecule has 0 saturated heterocycles. The fourth-order valence-corrected chi connectivity index (χ4v) is 3.04. The van der Waals surface area contributed by atoms with Gasteiger partial charge in [0.25, 0.3) is 0 Å². The number of halogens is 2. The second kappa shape index (κ2) is 10.4. The van der Waals surface area contributed by atoms with E-state index in [0.29, 0.717) is 4.83 Å². The van der Waals surface area contributed by atoms with Crippen molar-refractivity contribution in [2.75, 3.05) is 0 Å². The molecule has 0 bridgehead atoms. The summed E-state index contributed by atoms with van der Waals surface area (Å²) in [7, 11) is 0. The minimum atomic E-state index is -0.131. The van der Waals surface area contributed by atoms with Gasteiger partial charge in [-0.2, -0.15) is 0 Å². The summed E-state index contributed by atoms with van der Waals surface area (Å²) >= 11 is 3.71. The fraction of sp³-hybridized carbons (Fsp3) is 0.647. The summed E-state index contributed by atoms with van der Waals surface area (Å²) in [6, 6.07) is 6.93. The molecule has 0 radical (unpaired) electrons. The SMILES string of the molecule is CCCCCCCCCC(Br)Cc1cccc(F)c1. The maximum Gasteiger partial charge on any atom is 0.123 e. The maximum atomic E-state index is 13.1. The van der Waals surface area contributed by atoms with Crippen molar-refractivity contribution in [1.82, 2.24) is 0 Å². The molecule has 1 unspecified atom stereocenters. The van der Waals surface area contributed by atoms with Gasteiger partial charge in [0.05, 0.1) is 0 Å². The Bertz CT molecular complexity index is 338. The predicted octanol–water partition coefficient (Wildman–Crippen LogP) is 6.27. The zero-order valence-corrected chi connectivity index (χ0v) is 13.6. The van der Waals surface area contributed by atoms with Gasteiger partial charge < -0.3 is 0 Å². The van der Waals surface area contributed by atoms with Crippen molar-refractivity contribution in [2.45, 2.75) is 69.5 Å². The first kappa shape index (κ1) is 16.7. The molecule has 0 aliphatic carbocycles. The van der Waals surface area contributed by atoms with Crippen molar-refractivity contribution in [1.29, 1.82) is 0 Å². The molecule has 0 nitrogen and oxygen atoms in total. The highest BCUT2D eigenvalue weighted by Gasteiger charge is 2.06. The zero-order valence-electron chi connectivity index (χ0n) is 12.0. The molecule has 1 rings (SSSR count). The third-order valence-electron chi connectivity index (χ3n) is 3.47. The van der Waals surface area contributed by atoms with Crippen LogP contribution in [-0.4, -0.2) is 4.83 Å². The summed E-state index contributed by atoms with van der Waals surface area (Å²) in [5, 5.41) is 0. The first-order chi connectivity index (χ1) is 9.22. The molecule has 0 heterocycles. The predicted molar refractivity (Wildman–Crippen MR) is 85.4 cm³/mol. The van der Waals surface area contributed by atoms with Crippen LogP contribution in [0.3, 0.4) is 0 Å². The van der Waals surface area contributed by atoms with Crippen LogP contribution in [0.5, 0.6) is 0 Å². The molecule has 0 aliphatic rings. The van der Waals surface area contributed by atoms with E-state index in [1.165, 1.54) is 57.4 Å². The Labute approximate surface area is 125 Å². The van der Waals surface area contributed by atoms with Gasteiger partial charge in [-0.1, -0.05) is 79.9 Å². The van der Waals surface area contributed by atoms with E-state index in [-0.39, 0.29) is 5.82 Å². The van der Waals surface area contributed by atoms with E-state index in [2.05, 4.69) is 22.9 Å². The Morgan fingerprint density at radius 1 is 1.05 bits per heavy atom. The third kappa shape index (κ3) is 8.41. The second-order valence-electron chi connectivity index (χ2n) is 5.34. The van der Waals surface area contributed by atoms with Gasteiger partial charge in [-0.25, -0.2) is 4.39 Å². The van der Waals surface area contributed by atoms with Crippen molar-refractivity contribution in [3.05, 3.63) is 35.6 Å². The number of benzene rings is 1. The summed E-state index contributed by atoms with van der Waals surface area (Å²) in [6.07, 6.45) is 11.5. The Kier molecular flexibility index (Phi) is 9.15. The Morgan fingerprint density at radius 2 is 1.74 bits per heavy atom. The number of unbranched alkanes of at least 4 members (excludes halogenated alkanes) is 6. The van der Waals surface area contributed by atoms with Crippen LogP contribution in [0, 0.1) is 5.82 Å². The molecule has 0 aliphatic heterocycles. The highest BCUT2D eigenvalue weighted by atomic mass is 79.9. The molecule has 0 amide bonds. The van der Waals surface area contributed by atoms with Gasteiger partial charge in [0.15, 0.2) is 0 Å². The lowest BCUT2D eigenvalue weighted by Gasteiger charge is -2.09. The normalized spacial score (nSPS) is 12.6. The van der Waals surface area contributed by atoms with Crippen molar-refractivity contribution in [3.63, 3.8) is 0 Å². The number of alkyl halides is 1. The molecular weight excluding hydrogens is 303 g/mol. The minimum Gasteiger partial charge on any atom is -0.207 e. The zero-order chi connectivity index (χ0) is 13.9. The molecule has 19 heavy (non-hydrogen) atoms. The summed E-state index contributed by atoms with van der Waals surface area (Å²) < 4.78 is 13.1. The Balaban J connectivity index is 2.06. The topological polar surface area (TPSA) is 0 Å². The molecule has 0 N–H and O–H groups in total. The summed E-state index contributed by atoms with van der Waals surface area (Å²) in [5.41, 5.74) is 1.09. The molecule has 0 spiro atoms. The fourth-order valence-electron chi connectivity index (χ4n) is 2.34. The standard InChI is InChI=1S/C17H26BrF/c1-2-3-4-5-6-7-8-11-16(18)13-15-10-9-12-17(19)14-15/h9-10,12,14,16H,2-8,11,13H2,1H3. The quantitative estimate of drug-likeness (QED) is 0.350. The first-order valence-corrected chi connectivity index (χ1v) is 8.52. The van der Waals surface area contributed by atoms with Crippen LogP contribution < -0.4 is 0 Å². The van der Waals surface area contributed by atoms with Gasteiger partial charge in [0.1, 0.15) is 5.82 Å².